The van der Waals surface area contributed by atoms with Crippen molar-refractivity contribution in [2.75, 3.05) is 23.3 Å². The van der Waals surface area contributed by atoms with Gasteiger partial charge in [-0.05, 0) is 56.2 Å². The summed E-state index contributed by atoms with van der Waals surface area (Å²) in [6.45, 7) is 3.61. The Kier molecular flexibility index (Phi) is 5.90. The van der Waals surface area contributed by atoms with Gasteiger partial charge in [0.1, 0.15) is 0 Å². The minimum Gasteiger partial charge on any atom is -0.354 e. The smallest absolute Gasteiger partial charge is 0.229 e. The van der Waals surface area contributed by atoms with Gasteiger partial charge in [0.15, 0.2) is 5.82 Å². The highest BCUT2D eigenvalue weighted by Crippen LogP contribution is 2.25. The number of aromatic nitrogens is 2. The molecule has 6 heteroatoms. The molecule has 5 nitrogen and oxygen atoms in total. The second kappa shape index (κ2) is 8.74. The number of carbonyl (C=O) groups is 1. The Bertz CT molecular complexity index is 971. The van der Waals surface area contributed by atoms with Crippen LogP contribution < -0.4 is 10.2 Å². The summed E-state index contributed by atoms with van der Waals surface area (Å²) in [6.07, 6.45) is 1.84. The molecule has 0 radical (unpaired) electrons. The first-order chi connectivity index (χ1) is 14.1. The number of nitrogens with one attached hydrogen (secondary N) is 1. The van der Waals surface area contributed by atoms with Crippen molar-refractivity contribution in [2.45, 2.75) is 19.8 Å². The molecule has 1 fully saturated rings. The molecule has 1 saturated heterocycles. The number of hydrogen-bond donors (Lipinski definition) is 1. The van der Waals surface area contributed by atoms with E-state index >= 15 is 0 Å². The maximum absolute atomic E-state index is 12.7. The Hall–Kier alpha value is -2.73. The van der Waals surface area contributed by atoms with Crippen LogP contribution >= 0.6 is 15.9 Å². The molecular weight excluding hydrogens is 428 g/mol. The number of benzene rings is 2. The number of rotatable bonds is 4. The standard InChI is InChI=1S/C23H23BrN4O/c1-16-4-6-17(7-5-16)21-12-13-22(27-26-21)28-14-2-3-18(15-28)23(29)25-20-10-8-19(24)9-11-20/h4-13,18H,2-3,14-15H2,1H3,(H,25,29)/t18-/m0/s1. The van der Waals surface area contributed by atoms with Crippen LogP contribution in [0.25, 0.3) is 11.3 Å². The SMILES string of the molecule is Cc1ccc(-c2ccc(N3CCC[C@H](C(=O)Nc4ccc(Br)cc4)C3)nn2)cc1. The molecule has 0 saturated carbocycles. The second-order valence-electron chi connectivity index (χ2n) is 7.42. The predicted octanol–water partition coefficient (Wildman–Crippen LogP) is 5.07. The van der Waals surface area contributed by atoms with Crippen LogP contribution in [0.15, 0.2) is 65.1 Å². The number of amides is 1. The average molecular weight is 451 g/mol. The lowest BCUT2D eigenvalue weighted by Crippen LogP contribution is -2.41. The maximum atomic E-state index is 12.7. The number of nitrogens with zero attached hydrogens (tertiary/aromatic N) is 3. The maximum Gasteiger partial charge on any atom is 0.229 e. The summed E-state index contributed by atoms with van der Waals surface area (Å²) in [7, 11) is 0. The largest absolute Gasteiger partial charge is 0.354 e. The van der Waals surface area contributed by atoms with E-state index in [9.17, 15) is 4.79 Å². The first-order valence-electron chi connectivity index (χ1n) is 9.80. The first kappa shape index (κ1) is 19.6. The highest BCUT2D eigenvalue weighted by molar-refractivity contribution is 9.10. The molecule has 3 aromatic rings. The Balaban J connectivity index is 1.41. The van der Waals surface area contributed by atoms with E-state index in [1.54, 1.807) is 0 Å². The van der Waals surface area contributed by atoms with Crippen molar-refractivity contribution in [3.8, 4) is 11.3 Å². The van der Waals surface area contributed by atoms with Gasteiger partial charge in [-0.2, -0.15) is 0 Å². The lowest BCUT2D eigenvalue weighted by Gasteiger charge is -2.32. The fourth-order valence-corrected chi connectivity index (χ4v) is 3.81. The zero-order valence-electron chi connectivity index (χ0n) is 16.3. The summed E-state index contributed by atoms with van der Waals surface area (Å²) in [5, 5.41) is 11.9. The van der Waals surface area contributed by atoms with Crippen molar-refractivity contribution >= 4 is 33.3 Å². The molecule has 1 aliphatic rings. The number of carbonyl (C=O) groups excluding carboxylic acids is 1. The Morgan fingerprint density at radius 1 is 1.03 bits per heavy atom. The third kappa shape index (κ3) is 4.82. The zero-order chi connectivity index (χ0) is 20.2. The van der Waals surface area contributed by atoms with Gasteiger partial charge in [0.2, 0.25) is 5.91 Å². The molecule has 2 heterocycles. The summed E-state index contributed by atoms with van der Waals surface area (Å²) < 4.78 is 0.993. The van der Waals surface area contributed by atoms with Crippen LogP contribution in [0.1, 0.15) is 18.4 Å². The Morgan fingerprint density at radius 3 is 2.48 bits per heavy atom. The molecule has 0 aliphatic carbocycles. The van der Waals surface area contributed by atoms with E-state index in [0.717, 1.165) is 46.6 Å². The highest BCUT2D eigenvalue weighted by atomic mass is 79.9. The van der Waals surface area contributed by atoms with Crippen LogP contribution in [0.5, 0.6) is 0 Å². The fraction of sp³-hybridized carbons (Fsp3) is 0.261. The van der Waals surface area contributed by atoms with E-state index in [0.29, 0.717) is 6.54 Å². The number of aryl methyl sites for hydroxylation is 1. The van der Waals surface area contributed by atoms with Gasteiger partial charge >= 0.3 is 0 Å². The molecule has 0 spiro atoms. The van der Waals surface area contributed by atoms with Gasteiger partial charge in [0.05, 0.1) is 11.6 Å². The van der Waals surface area contributed by atoms with Gasteiger partial charge in [0, 0.05) is 28.8 Å². The predicted molar refractivity (Wildman–Crippen MR) is 120 cm³/mol. The van der Waals surface area contributed by atoms with Gasteiger partial charge in [0.25, 0.3) is 0 Å². The van der Waals surface area contributed by atoms with Gasteiger partial charge in [-0.15, -0.1) is 10.2 Å². The lowest BCUT2D eigenvalue weighted by atomic mass is 9.97. The number of anilines is 2. The first-order valence-corrected chi connectivity index (χ1v) is 10.6. The van der Waals surface area contributed by atoms with E-state index in [1.165, 1.54) is 5.56 Å². The van der Waals surface area contributed by atoms with Crippen LogP contribution in [-0.2, 0) is 4.79 Å². The molecule has 0 bridgehead atoms. The third-order valence-electron chi connectivity index (χ3n) is 5.23. The monoisotopic (exact) mass is 450 g/mol. The van der Waals surface area contributed by atoms with Gasteiger partial charge in [-0.3, -0.25) is 4.79 Å². The highest BCUT2D eigenvalue weighted by Gasteiger charge is 2.26. The average Bonchev–Trinajstić information content (AvgIpc) is 2.76. The minimum atomic E-state index is -0.0639. The van der Waals surface area contributed by atoms with Crippen molar-refractivity contribution < 1.29 is 4.79 Å². The van der Waals surface area contributed by atoms with Crippen molar-refractivity contribution in [1.82, 2.24) is 10.2 Å². The summed E-state index contributed by atoms with van der Waals surface area (Å²) in [5.41, 5.74) is 3.95. The van der Waals surface area contributed by atoms with Crippen LogP contribution in [-0.4, -0.2) is 29.2 Å². The molecule has 1 atom stereocenters. The molecule has 1 aromatic heterocycles. The van der Waals surface area contributed by atoms with Crippen LogP contribution in [0, 0.1) is 12.8 Å². The van der Waals surface area contributed by atoms with Crippen molar-refractivity contribution in [3.05, 3.63) is 70.7 Å². The molecule has 2 aromatic carbocycles. The second-order valence-corrected chi connectivity index (χ2v) is 8.34. The molecule has 29 heavy (non-hydrogen) atoms. The summed E-state index contributed by atoms with van der Waals surface area (Å²) in [5.74, 6) is 0.814. The van der Waals surface area contributed by atoms with E-state index in [4.69, 9.17) is 0 Å². The molecule has 148 valence electrons. The van der Waals surface area contributed by atoms with E-state index in [1.807, 2.05) is 36.4 Å². The molecule has 0 unspecified atom stereocenters. The number of hydrogen-bond acceptors (Lipinski definition) is 4. The van der Waals surface area contributed by atoms with Gasteiger partial charge in [-0.25, -0.2) is 0 Å². The van der Waals surface area contributed by atoms with Gasteiger partial charge in [-0.1, -0.05) is 45.8 Å². The number of piperidine rings is 1. The van der Waals surface area contributed by atoms with Crippen molar-refractivity contribution in [3.63, 3.8) is 0 Å². The number of halogens is 1. The zero-order valence-corrected chi connectivity index (χ0v) is 17.9. The minimum absolute atomic E-state index is 0.0567. The van der Waals surface area contributed by atoms with Crippen LogP contribution in [0.2, 0.25) is 0 Å². The van der Waals surface area contributed by atoms with Crippen LogP contribution in [0.4, 0.5) is 11.5 Å². The summed E-state index contributed by atoms with van der Waals surface area (Å²) >= 11 is 3.41. The Labute approximate surface area is 179 Å². The molecular formula is C23H23BrN4O. The third-order valence-corrected chi connectivity index (χ3v) is 5.75. The van der Waals surface area contributed by atoms with E-state index in [2.05, 4.69) is 67.5 Å². The molecule has 1 amide bonds. The fourth-order valence-electron chi connectivity index (χ4n) is 3.55. The quantitative estimate of drug-likeness (QED) is 0.602. The lowest BCUT2D eigenvalue weighted by molar-refractivity contribution is -0.120. The van der Waals surface area contributed by atoms with E-state index < -0.39 is 0 Å². The van der Waals surface area contributed by atoms with Crippen LogP contribution in [0.3, 0.4) is 0 Å². The summed E-state index contributed by atoms with van der Waals surface area (Å²) in [6, 6.07) is 19.9. The normalized spacial score (nSPS) is 16.5. The molecule has 4 rings (SSSR count). The van der Waals surface area contributed by atoms with Gasteiger partial charge < -0.3 is 10.2 Å². The van der Waals surface area contributed by atoms with Crippen molar-refractivity contribution in [2.24, 2.45) is 5.92 Å². The summed E-state index contributed by atoms with van der Waals surface area (Å²) in [4.78, 5) is 14.9. The Morgan fingerprint density at radius 2 is 1.79 bits per heavy atom. The molecule has 1 aliphatic heterocycles. The topological polar surface area (TPSA) is 58.1 Å². The molecule has 1 N–H and O–H groups in total. The van der Waals surface area contributed by atoms with E-state index in [-0.39, 0.29) is 11.8 Å². The van der Waals surface area contributed by atoms with Crippen molar-refractivity contribution in [1.29, 1.82) is 0 Å².